The maximum absolute atomic E-state index is 5.56. The highest BCUT2D eigenvalue weighted by atomic mass is 16.5. The highest BCUT2D eigenvalue weighted by Gasteiger charge is 2.13. The highest BCUT2D eigenvalue weighted by molar-refractivity contribution is 5.23. The molecule has 1 aliphatic carbocycles. The van der Waals surface area contributed by atoms with Crippen LogP contribution in [0.3, 0.4) is 0 Å². The molecule has 0 aromatic heterocycles. The van der Waals surface area contributed by atoms with Crippen LogP contribution in [0.2, 0.25) is 0 Å². The zero-order valence-corrected chi connectivity index (χ0v) is 6.37. The van der Waals surface area contributed by atoms with Crippen LogP contribution < -0.4 is 5.73 Å². The van der Waals surface area contributed by atoms with E-state index in [-0.39, 0.29) is 6.10 Å². The summed E-state index contributed by atoms with van der Waals surface area (Å²) in [5.41, 5.74) is 6.39. The van der Waals surface area contributed by atoms with Gasteiger partial charge in [0, 0.05) is 18.7 Å². The molecule has 0 heterocycles. The van der Waals surface area contributed by atoms with Crippen molar-refractivity contribution in [3.8, 4) is 0 Å². The molecule has 0 amide bonds. The summed E-state index contributed by atoms with van der Waals surface area (Å²) < 4.78 is 5.16. The van der Waals surface area contributed by atoms with E-state index < -0.39 is 0 Å². The second-order valence-corrected chi connectivity index (χ2v) is 2.59. The molecule has 2 nitrogen and oxygen atoms in total. The van der Waals surface area contributed by atoms with Gasteiger partial charge in [0.1, 0.15) is 0 Å². The first-order valence-electron chi connectivity index (χ1n) is 3.42. The molecule has 10 heavy (non-hydrogen) atoms. The summed E-state index contributed by atoms with van der Waals surface area (Å²) in [5, 5.41) is 0. The van der Waals surface area contributed by atoms with E-state index in [2.05, 4.69) is 6.92 Å². The van der Waals surface area contributed by atoms with Crippen molar-refractivity contribution in [3.63, 3.8) is 0 Å². The molecule has 0 aliphatic heterocycles. The normalized spacial score (nSPS) is 32.0. The van der Waals surface area contributed by atoms with Gasteiger partial charge in [-0.15, -0.1) is 0 Å². The Morgan fingerprint density at radius 1 is 1.60 bits per heavy atom. The molecule has 0 aromatic carbocycles. The summed E-state index contributed by atoms with van der Waals surface area (Å²) in [6.07, 6.45) is 6.08. The van der Waals surface area contributed by atoms with Crippen LogP contribution in [0, 0.1) is 5.92 Å². The van der Waals surface area contributed by atoms with E-state index in [0.29, 0.717) is 5.92 Å². The molecule has 0 spiro atoms. The fourth-order valence-electron chi connectivity index (χ4n) is 1.13. The molecule has 2 N–H and O–H groups in total. The summed E-state index contributed by atoms with van der Waals surface area (Å²) in [5.74, 6) is 0.398. The largest absolute Gasteiger partial charge is 0.399 e. The first kappa shape index (κ1) is 7.35. The molecule has 2 atom stereocenters. The predicted octanol–water partition coefficient (Wildman–Crippen LogP) is 1.05. The number of rotatable bonds is 1. The molecule has 2 heteroatoms. The molecule has 0 saturated carbocycles. The lowest BCUT2D eigenvalue weighted by Crippen LogP contribution is -2.20. The molecular weight excluding hydrogens is 126 g/mol. The number of hydrogen-bond donors (Lipinski definition) is 1. The van der Waals surface area contributed by atoms with Gasteiger partial charge in [-0.3, -0.25) is 0 Å². The molecule has 0 radical (unpaired) electrons. The second-order valence-electron chi connectivity index (χ2n) is 2.59. The summed E-state index contributed by atoms with van der Waals surface area (Å²) in [6.45, 7) is 2.09. The smallest absolute Gasteiger partial charge is 0.0816 e. The molecule has 1 aliphatic rings. The molecular formula is C8H13NO. The van der Waals surface area contributed by atoms with Gasteiger partial charge in [0.2, 0.25) is 0 Å². The van der Waals surface area contributed by atoms with Gasteiger partial charge >= 0.3 is 0 Å². The van der Waals surface area contributed by atoms with Crippen molar-refractivity contribution in [2.24, 2.45) is 11.7 Å². The van der Waals surface area contributed by atoms with Gasteiger partial charge in [-0.25, -0.2) is 0 Å². The van der Waals surface area contributed by atoms with Crippen LogP contribution in [-0.2, 0) is 4.74 Å². The predicted molar refractivity (Wildman–Crippen MR) is 41.4 cm³/mol. The Kier molecular flexibility index (Phi) is 2.12. The third-order valence-corrected chi connectivity index (χ3v) is 1.72. The van der Waals surface area contributed by atoms with Crippen molar-refractivity contribution in [1.82, 2.24) is 0 Å². The average Bonchev–Trinajstić information content (AvgIpc) is 1.88. The summed E-state index contributed by atoms with van der Waals surface area (Å²) in [7, 11) is 1.71. The maximum Gasteiger partial charge on any atom is 0.0816 e. The van der Waals surface area contributed by atoms with Crippen LogP contribution in [0.25, 0.3) is 0 Å². The molecule has 1 rings (SSSR count). The molecule has 0 saturated heterocycles. The number of hydrogen-bond acceptors (Lipinski definition) is 2. The van der Waals surface area contributed by atoms with Gasteiger partial charge in [-0.05, 0) is 6.08 Å². The first-order chi connectivity index (χ1) is 4.74. The zero-order chi connectivity index (χ0) is 7.56. The van der Waals surface area contributed by atoms with Crippen LogP contribution in [-0.4, -0.2) is 13.2 Å². The van der Waals surface area contributed by atoms with Gasteiger partial charge in [-0.1, -0.05) is 19.1 Å². The Hall–Kier alpha value is -0.760. The van der Waals surface area contributed by atoms with Crippen molar-refractivity contribution < 1.29 is 4.74 Å². The van der Waals surface area contributed by atoms with E-state index in [4.69, 9.17) is 10.5 Å². The molecule has 0 aromatic rings. The Bertz CT molecular complexity index is 172. The minimum atomic E-state index is 0.201. The monoisotopic (exact) mass is 139 g/mol. The Balaban J connectivity index is 2.64. The summed E-state index contributed by atoms with van der Waals surface area (Å²) in [4.78, 5) is 0. The topological polar surface area (TPSA) is 35.2 Å². The number of ether oxygens (including phenoxy) is 1. The van der Waals surface area contributed by atoms with Gasteiger partial charge in [0.25, 0.3) is 0 Å². The van der Waals surface area contributed by atoms with Gasteiger partial charge in [-0.2, -0.15) is 0 Å². The fraction of sp³-hybridized carbons (Fsp3) is 0.500. The van der Waals surface area contributed by atoms with Gasteiger partial charge in [0.15, 0.2) is 0 Å². The molecule has 2 unspecified atom stereocenters. The average molecular weight is 139 g/mol. The van der Waals surface area contributed by atoms with E-state index in [1.165, 1.54) is 0 Å². The minimum Gasteiger partial charge on any atom is -0.399 e. The lowest BCUT2D eigenvalue weighted by molar-refractivity contribution is 0.111. The second kappa shape index (κ2) is 2.88. The standard InChI is InChI=1S/C8H13NO/c1-6-5-7(9)3-4-8(6)10-2/h3-6,8H,9H2,1-2H3. The Morgan fingerprint density at radius 3 is 2.80 bits per heavy atom. The number of allylic oxidation sites excluding steroid dienone is 1. The van der Waals surface area contributed by atoms with Crippen LogP contribution >= 0.6 is 0 Å². The van der Waals surface area contributed by atoms with E-state index in [0.717, 1.165) is 5.70 Å². The van der Waals surface area contributed by atoms with Crippen LogP contribution in [0.15, 0.2) is 23.9 Å². The van der Waals surface area contributed by atoms with E-state index >= 15 is 0 Å². The van der Waals surface area contributed by atoms with Crippen molar-refractivity contribution in [1.29, 1.82) is 0 Å². The highest BCUT2D eigenvalue weighted by Crippen LogP contribution is 2.15. The zero-order valence-electron chi connectivity index (χ0n) is 6.37. The number of methoxy groups -OCH3 is 1. The number of nitrogens with two attached hydrogens (primary N) is 1. The van der Waals surface area contributed by atoms with Crippen molar-refractivity contribution in [2.75, 3.05) is 7.11 Å². The maximum atomic E-state index is 5.56. The first-order valence-corrected chi connectivity index (χ1v) is 3.42. The summed E-state index contributed by atoms with van der Waals surface area (Å²) in [6, 6.07) is 0. The Labute approximate surface area is 61.4 Å². The molecule has 56 valence electrons. The van der Waals surface area contributed by atoms with Crippen LogP contribution in [0.4, 0.5) is 0 Å². The lowest BCUT2D eigenvalue weighted by atomic mass is 9.98. The van der Waals surface area contributed by atoms with Crippen LogP contribution in [0.5, 0.6) is 0 Å². The molecule has 0 fully saturated rings. The van der Waals surface area contributed by atoms with Crippen molar-refractivity contribution in [2.45, 2.75) is 13.0 Å². The van der Waals surface area contributed by atoms with Gasteiger partial charge < -0.3 is 10.5 Å². The van der Waals surface area contributed by atoms with Gasteiger partial charge in [0.05, 0.1) is 6.10 Å². The van der Waals surface area contributed by atoms with E-state index in [1.54, 1.807) is 7.11 Å². The summed E-state index contributed by atoms with van der Waals surface area (Å²) >= 11 is 0. The van der Waals surface area contributed by atoms with Crippen molar-refractivity contribution in [3.05, 3.63) is 23.9 Å². The molecule has 0 bridgehead atoms. The van der Waals surface area contributed by atoms with Crippen LogP contribution in [0.1, 0.15) is 6.92 Å². The third-order valence-electron chi connectivity index (χ3n) is 1.72. The fourth-order valence-corrected chi connectivity index (χ4v) is 1.13. The lowest BCUT2D eigenvalue weighted by Gasteiger charge is -2.19. The minimum absolute atomic E-state index is 0.201. The quantitative estimate of drug-likeness (QED) is 0.589. The Morgan fingerprint density at radius 2 is 2.30 bits per heavy atom. The van der Waals surface area contributed by atoms with E-state index in [1.807, 2.05) is 18.2 Å². The van der Waals surface area contributed by atoms with Crippen molar-refractivity contribution >= 4 is 0 Å². The third kappa shape index (κ3) is 1.39. The van der Waals surface area contributed by atoms with E-state index in [9.17, 15) is 0 Å². The SMILES string of the molecule is COC1C=CC(N)=CC1C.